The highest BCUT2D eigenvalue weighted by molar-refractivity contribution is 7.58. The zero-order valence-corrected chi connectivity index (χ0v) is 12.4. The molecule has 0 saturated heterocycles. The Hall–Kier alpha value is -1.37. The first kappa shape index (κ1) is 14.0. The molecule has 0 amide bonds. The van der Waals surface area contributed by atoms with Gasteiger partial charge in [0.15, 0.2) is 8.30 Å². The molecule has 0 radical (unpaired) electrons. The van der Waals surface area contributed by atoms with E-state index in [0.29, 0.717) is 0 Å². The lowest BCUT2D eigenvalue weighted by Crippen LogP contribution is -2.25. The predicted octanol–water partition coefficient (Wildman–Crippen LogP) is 4.04. The lowest BCUT2D eigenvalue weighted by atomic mass is 10.3. The third-order valence-electron chi connectivity index (χ3n) is 2.90. The Balaban J connectivity index is 2.24. The maximum atomic E-state index is 6.24. The minimum Gasteiger partial charge on any atom is -0.454 e. The number of para-hydroxylation sites is 1. The van der Waals surface area contributed by atoms with Gasteiger partial charge in [-0.1, -0.05) is 50.2 Å². The second-order valence-corrected chi connectivity index (χ2v) is 5.96. The van der Waals surface area contributed by atoms with Gasteiger partial charge in [0.05, 0.1) is 0 Å². The summed E-state index contributed by atoms with van der Waals surface area (Å²) < 4.78 is 8.61. The molecule has 2 nitrogen and oxygen atoms in total. The third kappa shape index (κ3) is 3.79. The van der Waals surface area contributed by atoms with Crippen molar-refractivity contribution in [2.75, 3.05) is 13.1 Å². The van der Waals surface area contributed by atoms with E-state index in [1.54, 1.807) is 0 Å². The zero-order valence-electron chi connectivity index (χ0n) is 11.5. The minimum atomic E-state index is -0.762. The first-order valence-corrected chi connectivity index (χ1v) is 7.89. The van der Waals surface area contributed by atoms with Crippen molar-refractivity contribution in [3.05, 3.63) is 60.7 Å². The quantitative estimate of drug-likeness (QED) is 0.736. The maximum absolute atomic E-state index is 6.24. The van der Waals surface area contributed by atoms with Crippen molar-refractivity contribution in [2.24, 2.45) is 0 Å². The van der Waals surface area contributed by atoms with Crippen LogP contribution in [0.5, 0.6) is 5.75 Å². The van der Waals surface area contributed by atoms with Crippen molar-refractivity contribution in [1.29, 1.82) is 0 Å². The molecule has 0 fully saturated rings. The predicted molar refractivity (Wildman–Crippen MR) is 83.0 cm³/mol. The first-order chi connectivity index (χ1) is 9.35. The third-order valence-corrected chi connectivity index (χ3v) is 5.10. The van der Waals surface area contributed by atoms with Crippen molar-refractivity contribution in [2.45, 2.75) is 13.8 Å². The molecule has 19 heavy (non-hydrogen) atoms. The summed E-state index contributed by atoms with van der Waals surface area (Å²) >= 11 is 0. The van der Waals surface area contributed by atoms with Gasteiger partial charge in [-0.3, -0.25) is 0 Å². The Bertz CT molecular complexity index is 471. The number of rotatable bonds is 6. The summed E-state index contributed by atoms with van der Waals surface area (Å²) in [4.78, 5) is 0. The summed E-state index contributed by atoms with van der Waals surface area (Å²) in [5.41, 5.74) is 0. The van der Waals surface area contributed by atoms with Crippen molar-refractivity contribution < 1.29 is 4.52 Å². The first-order valence-electron chi connectivity index (χ1n) is 6.68. The van der Waals surface area contributed by atoms with E-state index >= 15 is 0 Å². The van der Waals surface area contributed by atoms with Gasteiger partial charge in [-0.05, 0) is 24.3 Å². The van der Waals surface area contributed by atoms with E-state index in [1.807, 2.05) is 36.4 Å². The van der Waals surface area contributed by atoms with Crippen LogP contribution in [0, 0.1) is 0 Å². The van der Waals surface area contributed by atoms with E-state index in [2.05, 4.69) is 42.8 Å². The summed E-state index contributed by atoms with van der Waals surface area (Å²) in [5.74, 6) is 0.935. The van der Waals surface area contributed by atoms with E-state index in [0.717, 1.165) is 18.8 Å². The van der Waals surface area contributed by atoms with Crippen LogP contribution in [0.25, 0.3) is 0 Å². The highest BCUT2D eigenvalue weighted by Gasteiger charge is 2.20. The monoisotopic (exact) mass is 273 g/mol. The molecule has 0 saturated carbocycles. The van der Waals surface area contributed by atoms with Gasteiger partial charge in [0.25, 0.3) is 0 Å². The number of hydrogen-bond acceptors (Lipinski definition) is 2. The smallest absolute Gasteiger partial charge is 0.196 e. The lowest BCUT2D eigenvalue weighted by molar-refractivity contribution is 0.454. The van der Waals surface area contributed by atoms with E-state index < -0.39 is 8.30 Å². The van der Waals surface area contributed by atoms with Gasteiger partial charge in [0, 0.05) is 18.4 Å². The standard InChI is InChI=1S/C16H20NOP/c1-3-17(4-2)19(16-13-9-6-10-14-16)18-15-11-7-5-8-12-15/h5-14H,3-4H2,1-2H3. The van der Waals surface area contributed by atoms with Crippen LogP contribution in [-0.4, -0.2) is 17.8 Å². The van der Waals surface area contributed by atoms with Crippen LogP contribution in [0.3, 0.4) is 0 Å². The SMILES string of the molecule is CCN(CC)P(Oc1ccccc1)c1ccccc1. The van der Waals surface area contributed by atoms with Crippen LogP contribution in [-0.2, 0) is 0 Å². The topological polar surface area (TPSA) is 12.5 Å². The highest BCUT2D eigenvalue weighted by Crippen LogP contribution is 2.40. The molecule has 0 spiro atoms. The van der Waals surface area contributed by atoms with Crippen molar-refractivity contribution >= 4 is 13.6 Å². The largest absolute Gasteiger partial charge is 0.454 e. The van der Waals surface area contributed by atoms with E-state index in [9.17, 15) is 0 Å². The van der Waals surface area contributed by atoms with E-state index in [4.69, 9.17) is 4.52 Å². The molecule has 2 aromatic carbocycles. The van der Waals surface area contributed by atoms with Crippen LogP contribution < -0.4 is 9.83 Å². The van der Waals surface area contributed by atoms with Gasteiger partial charge >= 0.3 is 0 Å². The van der Waals surface area contributed by atoms with Gasteiger partial charge in [-0.15, -0.1) is 0 Å². The number of benzene rings is 2. The molecule has 2 aromatic rings. The molecule has 0 aliphatic rings. The van der Waals surface area contributed by atoms with Crippen LogP contribution in [0.4, 0.5) is 0 Å². The Morgan fingerprint density at radius 1 is 0.842 bits per heavy atom. The molecule has 2 rings (SSSR count). The average Bonchev–Trinajstić information content (AvgIpc) is 2.49. The highest BCUT2D eigenvalue weighted by atomic mass is 31.2. The fraction of sp³-hybridized carbons (Fsp3) is 0.250. The Morgan fingerprint density at radius 3 is 1.89 bits per heavy atom. The molecule has 3 heteroatoms. The normalized spacial score (nSPS) is 12.4. The summed E-state index contributed by atoms with van der Waals surface area (Å²) in [7, 11) is -0.762. The zero-order chi connectivity index (χ0) is 13.5. The van der Waals surface area contributed by atoms with Crippen LogP contribution in [0.2, 0.25) is 0 Å². The van der Waals surface area contributed by atoms with Crippen molar-refractivity contribution in [1.82, 2.24) is 4.67 Å². The van der Waals surface area contributed by atoms with Crippen LogP contribution in [0.1, 0.15) is 13.8 Å². The maximum Gasteiger partial charge on any atom is 0.196 e. The van der Waals surface area contributed by atoms with Gasteiger partial charge in [-0.2, -0.15) is 0 Å². The molecule has 0 heterocycles. The van der Waals surface area contributed by atoms with Gasteiger partial charge in [-0.25, -0.2) is 4.67 Å². The second kappa shape index (κ2) is 7.28. The van der Waals surface area contributed by atoms with E-state index in [-0.39, 0.29) is 0 Å². The van der Waals surface area contributed by atoms with E-state index in [1.165, 1.54) is 5.30 Å². The summed E-state index contributed by atoms with van der Waals surface area (Å²) in [6.45, 7) is 6.33. The molecule has 0 bridgehead atoms. The summed E-state index contributed by atoms with van der Waals surface area (Å²) in [6.07, 6.45) is 0. The Labute approximate surface area is 116 Å². The van der Waals surface area contributed by atoms with Crippen LogP contribution >= 0.6 is 8.30 Å². The lowest BCUT2D eigenvalue weighted by Gasteiger charge is -2.29. The molecule has 0 N–H and O–H groups in total. The summed E-state index contributed by atoms with van der Waals surface area (Å²) in [5, 5.41) is 1.25. The van der Waals surface area contributed by atoms with Crippen molar-refractivity contribution in [3.63, 3.8) is 0 Å². The number of hydrogen-bond donors (Lipinski definition) is 0. The van der Waals surface area contributed by atoms with Gasteiger partial charge in [0.1, 0.15) is 5.75 Å². The molecule has 0 aliphatic heterocycles. The Kier molecular flexibility index (Phi) is 5.38. The minimum absolute atomic E-state index is 0.762. The average molecular weight is 273 g/mol. The fourth-order valence-corrected chi connectivity index (χ4v) is 3.70. The van der Waals surface area contributed by atoms with Crippen LogP contribution in [0.15, 0.2) is 60.7 Å². The molecule has 0 aliphatic carbocycles. The van der Waals surface area contributed by atoms with Gasteiger partial charge < -0.3 is 4.52 Å². The Morgan fingerprint density at radius 2 is 1.37 bits per heavy atom. The molecular formula is C16H20NOP. The molecule has 1 atom stereocenters. The second-order valence-electron chi connectivity index (χ2n) is 4.15. The molecule has 0 aromatic heterocycles. The molecule has 100 valence electrons. The number of nitrogens with zero attached hydrogens (tertiary/aromatic N) is 1. The van der Waals surface area contributed by atoms with Crippen molar-refractivity contribution in [3.8, 4) is 5.75 Å². The fourth-order valence-electron chi connectivity index (χ4n) is 1.89. The molecule has 1 unspecified atom stereocenters. The van der Waals surface area contributed by atoms with Gasteiger partial charge in [0.2, 0.25) is 0 Å². The molecular weight excluding hydrogens is 253 g/mol. The summed E-state index contributed by atoms with van der Waals surface area (Å²) in [6, 6.07) is 20.5.